The maximum Gasteiger partial charge on any atom is 0.122 e. The predicted molar refractivity (Wildman–Crippen MR) is 103 cm³/mol. The summed E-state index contributed by atoms with van der Waals surface area (Å²) in [5.41, 5.74) is 4.34. The average Bonchev–Trinajstić information content (AvgIpc) is 2.64. The van der Waals surface area contributed by atoms with Crippen molar-refractivity contribution in [2.24, 2.45) is 17.8 Å². The largest absolute Gasteiger partial charge is 0.496 e. The lowest BCUT2D eigenvalue weighted by Crippen LogP contribution is -2.25. The van der Waals surface area contributed by atoms with Crippen molar-refractivity contribution < 1.29 is 4.74 Å². The second-order valence-corrected chi connectivity index (χ2v) is 8.13. The summed E-state index contributed by atoms with van der Waals surface area (Å²) in [4.78, 5) is 0. The molecule has 2 fully saturated rings. The summed E-state index contributed by atoms with van der Waals surface area (Å²) < 4.78 is 5.48. The highest BCUT2D eigenvalue weighted by molar-refractivity contribution is 5.45. The fourth-order valence-electron chi connectivity index (χ4n) is 5.23. The van der Waals surface area contributed by atoms with Crippen molar-refractivity contribution in [1.29, 1.82) is 0 Å². The van der Waals surface area contributed by atoms with Crippen LogP contribution in [0.1, 0.15) is 74.0 Å². The Morgan fingerprint density at radius 3 is 2.00 bits per heavy atom. The van der Waals surface area contributed by atoms with E-state index in [2.05, 4.69) is 38.6 Å². The van der Waals surface area contributed by atoms with E-state index in [1.807, 2.05) is 0 Å². The maximum atomic E-state index is 5.48. The molecule has 132 valence electrons. The number of hydrogen-bond donors (Lipinski definition) is 0. The molecule has 0 atom stereocenters. The molecule has 1 heteroatoms. The van der Waals surface area contributed by atoms with Gasteiger partial charge in [0.2, 0.25) is 0 Å². The first kappa shape index (κ1) is 17.6. The molecule has 1 nitrogen and oxygen atoms in total. The van der Waals surface area contributed by atoms with Crippen LogP contribution in [0.4, 0.5) is 0 Å². The Kier molecular flexibility index (Phi) is 5.69. The second kappa shape index (κ2) is 7.76. The van der Waals surface area contributed by atoms with Crippen molar-refractivity contribution in [3.05, 3.63) is 41.5 Å². The smallest absolute Gasteiger partial charge is 0.122 e. The van der Waals surface area contributed by atoms with Crippen molar-refractivity contribution in [2.75, 3.05) is 7.11 Å². The van der Waals surface area contributed by atoms with Crippen LogP contribution in [0.2, 0.25) is 0 Å². The van der Waals surface area contributed by atoms with Gasteiger partial charge in [-0.2, -0.15) is 0 Å². The summed E-state index contributed by atoms with van der Waals surface area (Å²) in [5, 5.41) is 0. The van der Waals surface area contributed by atoms with Gasteiger partial charge in [0.05, 0.1) is 7.11 Å². The van der Waals surface area contributed by atoms with E-state index in [9.17, 15) is 0 Å². The van der Waals surface area contributed by atoms with E-state index in [1.165, 1.54) is 62.5 Å². The Balaban J connectivity index is 1.59. The Morgan fingerprint density at radius 1 is 0.875 bits per heavy atom. The number of benzene rings is 1. The number of ether oxygens (including phenoxy) is 1. The molecule has 24 heavy (non-hydrogen) atoms. The molecule has 0 aliphatic heterocycles. The van der Waals surface area contributed by atoms with Crippen LogP contribution in [0.3, 0.4) is 0 Å². The zero-order valence-corrected chi connectivity index (χ0v) is 15.8. The summed E-state index contributed by atoms with van der Waals surface area (Å²) in [7, 11) is 1.77. The van der Waals surface area contributed by atoms with Gasteiger partial charge in [0, 0.05) is 0 Å². The molecule has 1 aromatic carbocycles. The van der Waals surface area contributed by atoms with Gasteiger partial charge in [-0.3, -0.25) is 0 Å². The standard InChI is InChI=1S/C23H34O/c1-5-18-6-8-19(9-7-18)20-10-12-21(13-11-20)22-14-15-23(24-4)17(3)16(22)2/h5,14-15,18-21H,1,6-13H2,2-4H3. The van der Waals surface area contributed by atoms with Crippen molar-refractivity contribution in [3.63, 3.8) is 0 Å². The van der Waals surface area contributed by atoms with Crippen molar-refractivity contribution >= 4 is 0 Å². The third-order valence-electron chi connectivity index (χ3n) is 7.03. The van der Waals surface area contributed by atoms with Gasteiger partial charge in [-0.15, -0.1) is 6.58 Å². The minimum absolute atomic E-state index is 0.760. The van der Waals surface area contributed by atoms with Gasteiger partial charge in [0.25, 0.3) is 0 Å². The average molecular weight is 327 g/mol. The number of methoxy groups -OCH3 is 1. The molecule has 0 bridgehead atoms. The molecule has 3 rings (SSSR count). The summed E-state index contributed by atoms with van der Waals surface area (Å²) in [6.07, 6.45) is 13.4. The molecule has 0 unspecified atom stereocenters. The third-order valence-corrected chi connectivity index (χ3v) is 7.03. The molecule has 0 amide bonds. The lowest BCUT2D eigenvalue weighted by molar-refractivity contribution is 0.171. The Morgan fingerprint density at radius 2 is 1.46 bits per heavy atom. The van der Waals surface area contributed by atoms with Crippen LogP contribution in [-0.2, 0) is 0 Å². The van der Waals surface area contributed by atoms with E-state index >= 15 is 0 Å². The lowest BCUT2D eigenvalue weighted by Gasteiger charge is -2.38. The summed E-state index contributed by atoms with van der Waals surface area (Å²) in [5.74, 6) is 4.55. The predicted octanol–water partition coefficient (Wildman–Crippen LogP) is 6.58. The van der Waals surface area contributed by atoms with Crippen molar-refractivity contribution in [2.45, 2.75) is 71.1 Å². The lowest BCUT2D eigenvalue weighted by atomic mass is 9.68. The van der Waals surface area contributed by atoms with Gasteiger partial charge in [-0.05, 0) is 112 Å². The first-order valence-electron chi connectivity index (χ1n) is 9.90. The topological polar surface area (TPSA) is 9.23 Å². The maximum absolute atomic E-state index is 5.48. The molecule has 2 aliphatic carbocycles. The van der Waals surface area contributed by atoms with Crippen LogP contribution in [0.25, 0.3) is 0 Å². The fourth-order valence-corrected chi connectivity index (χ4v) is 5.23. The van der Waals surface area contributed by atoms with Crippen LogP contribution in [-0.4, -0.2) is 7.11 Å². The molecule has 0 saturated heterocycles. The summed E-state index contributed by atoms with van der Waals surface area (Å²) >= 11 is 0. The zero-order chi connectivity index (χ0) is 17.1. The first-order chi connectivity index (χ1) is 11.6. The zero-order valence-electron chi connectivity index (χ0n) is 15.8. The van der Waals surface area contributed by atoms with Crippen LogP contribution >= 0.6 is 0 Å². The minimum Gasteiger partial charge on any atom is -0.496 e. The minimum atomic E-state index is 0.760. The second-order valence-electron chi connectivity index (χ2n) is 8.13. The number of allylic oxidation sites excluding steroid dienone is 1. The molecule has 0 spiro atoms. The highest BCUT2D eigenvalue weighted by Gasteiger charge is 2.31. The molecule has 0 N–H and O–H groups in total. The van der Waals surface area contributed by atoms with Crippen LogP contribution in [0, 0.1) is 31.6 Å². The summed E-state index contributed by atoms with van der Waals surface area (Å²) in [6.45, 7) is 8.45. The van der Waals surface area contributed by atoms with Crippen molar-refractivity contribution in [1.82, 2.24) is 0 Å². The van der Waals surface area contributed by atoms with Gasteiger partial charge in [0.15, 0.2) is 0 Å². The molecule has 0 aromatic heterocycles. The highest BCUT2D eigenvalue weighted by atomic mass is 16.5. The molecule has 2 saturated carbocycles. The van der Waals surface area contributed by atoms with E-state index in [0.717, 1.165) is 29.4 Å². The van der Waals surface area contributed by atoms with Crippen LogP contribution < -0.4 is 4.74 Å². The van der Waals surface area contributed by atoms with Gasteiger partial charge in [-0.1, -0.05) is 12.1 Å². The first-order valence-corrected chi connectivity index (χ1v) is 9.90. The molecule has 0 radical (unpaired) electrons. The van der Waals surface area contributed by atoms with Crippen LogP contribution in [0.5, 0.6) is 5.75 Å². The Hall–Kier alpha value is -1.24. The molecule has 2 aliphatic rings. The summed E-state index contributed by atoms with van der Waals surface area (Å²) in [6, 6.07) is 4.49. The molecular formula is C23H34O. The van der Waals surface area contributed by atoms with E-state index in [1.54, 1.807) is 12.7 Å². The van der Waals surface area contributed by atoms with E-state index in [4.69, 9.17) is 4.74 Å². The van der Waals surface area contributed by atoms with E-state index in [0.29, 0.717) is 0 Å². The molecular weight excluding hydrogens is 292 g/mol. The fraction of sp³-hybridized carbons (Fsp3) is 0.652. The van der Waals surface area contributed by atoms with Crippen LogP contribution in [0.15, 0.2) is 24.8 Å². The molecule has 0 heterocycles. The number of hydrogen-bond acceptors (Lipinski definition) is 1. The van der Waals surface area contributed by atoms with Crippen molar-refractivity contribution in [3.8, 4) is 5.75 Å². The Bertz CT molecular complexity index is 558. The molecule has 1 aromatic rings. The highest BCUT2D eigenvalue weighted by Crippen LogP contribution is 2.45. The SMILES string of the molecule is C=CC1CCC(C2CCC(c3ccc(OC)c(C)c3C)CC2)CC1. The quantitative estimate of drug-likeness (QED) is 0.568. The third kappa shape index (κ3) is 3.55. The Labute approximate surface area is 148 Å². The normalized spacial score (nSPS) is 30.8. The van der Waals surface area contributed by atoms with Gasteiger partial charge < -0.3 is 4.74 Å². The van der Waals surface area contributed by atoms with E-state index in [-0.39, 0.29) is 0 Å². The van der Waals surface area contributed by atoms with E-state index < -0.39 is 0 Å². The monoisotopic (exact) mass is 326 g/mol. The number of rotatable bonds is 4. The van der Waals surface area contributed by atoms with Gasteiger partial charge >= 0.3 is 0 Å². The van der Waals surface area contributed by atoms with Gasteiger partial charge in [-0.25, -0.2) is 0 Å². The van der Waals surface area contributed by atoms with Gasteiger partial charge in [0.1, 0.15) is 5.75 Å².